The molecule has 2 atom stereocenters. The van der Waals surface area contributed by atoms with Gasteiger partial charge in [-0.15, -0.1) is 0 Å². The van der Waals surface area contributed by atoms with E-state index in [-0.39, 0.29) is 0 Å². The standard InChI is InChI=1S/C16H31NO/c1-7-13(4)12-16(9-3)18-15(8-2)11-10-14(5)17-6/h9,13,15H,7-8,10-12H2,1-6H3/b16-9+,17-14?. The Morgan fingerprint density at radius 3 is 2.39 bits per heavy atom. The van der Waals surface area contributed by atoms with Gasteiger partial charge in [0.15, 0.2) is 0 Å². The molecule has 0 aliphatic heterocycles. The van der Waals surface area contributed by atoms with Crippen molar-refractivity contribution in [2.45, 2.75) is 72.8 Å². The third kappa shape index (κ3) is 7.52. The van der Waals surface area contributed by atoms with Crippen LogP contribution in [0.15, 0.2) is 16.8 Å². The van der Waals surface area contributed by atoms with Gasteiger partial charge in [0.1, 0.15) is 0 Å². The number of allylic oxidation sites excluding steroid dienone is 2. The number of hydrogen-bond donors (Lipinski definition) is 0. The first-order valence-corrected chi connectivity index (χ1v) is 7.31. The maximum atomic E-state index is 6.12. The predicted octanol–water partition coefficient (Wildman–Crippen LogP) is 4.99. The van der Waals surface area contributed by atoms with Crippen LogP contribution in [0.2, 0.25) is 0 Å². The lowest BCUT2D eigenvalue weighted by molar-refractivity contribution is 0.0947. The summed E-state index contributed by atoms with van der Waals surface area (Å²) in [6.07, 6.45) is 7.89. The summed E-state index contributed by atoms with van der Waals surface area (Å²) in [5.74, 6) is 1.86. The van der Waals surface area contributed by atoms with Gasteiger partial charge in [0.25, 0.3) is 0 Å². The molecule has 106 valence electrons. The summed E-state index contributed by atoms with van der Waals surface area (Å²) in [7, 11) is 1.86. The second-order valence-electron chi connectivity index (χ2n) is 5.12. The van der Waals surface area contributed by atoms with Crippen LogP contribution in [0, 0.1) is 5.92 Å². The first kappa shape index (κ1) is 17.2. The Bertz CT molecular complexity index is 268. The molecule has 18 heavy (non-hydrogen) atoms. The molecule has 0 radical (unpaired) electrons. The van der Waals surface area contributed by atoms with Crippen LogP contribution >= 0.6 is 0 Å². The van der Waals surface area contributed by atoms with E-state index >= 15 is 0 Å². The summed E-state index contributed by atoms with van der Waals surface area (Å²) in [5, 5.41) is 0. The van der Waals surface area contributed by atoms with E-state index in [9.17, 15) is 0 Å². The van der Waals surface area contributed by atoms with Crippen LogP contribution in [0.3, 0.4) is 0 Å². The third-order valence-electron chi connectivity index (χ3n) is 3.55. The van der Waals surface area contributed by atoms with Gasteiger partial charge in [0.2, 0.25) is 0 Å². The van der Waals surface area contributed by atoms with E-state index in [1.54, 1.807) is 0 Å². The van der Waals surface area contributed by atoms with Gasteiger partial charge < -0.3 is 4.74 Å². The molecular formula is C16H31NO. The van der Waals surface area contributed by atoms with Crippen molar-refractivity contribution in [3.8, 4) is 0 Å². The molecular weight excluding hydrogens is 222 g/mol. The summed E-state index contributed by atoms with van der Waals surface area (Å²) >= 11 is 0. The van der Waals surface area contributed by atoms with Crippen molar-refractivity contribution in [2.75, 3.05) is 7.05 Å². The van der Waals surface area contributed by atoms with E-state index in [0.717, 1.165) is 31.4 Å². The van der Waals surface area contributed by atoms with Crippen LogP contribution in [0.25, 0.3) is 0 Å². The van der Waals surface area contributed by atoms with Gasteiger partial charge in [-0.2, -0.15) is 0 Å². The Morgan fingerprint density at radius 1 is 1.28 bits per heavy atom. The molecule has 0 N–H and O–H groups in total. The number of aliphatic imine (C=N–C) groups is 1. The molecule has 0 aliphatic carbocycles. The van der Waals surface area contributed by atoms with Crippen molar-refractivity contribution < 1.29 is 4.74 Å². The molecule has 0 saturated carbocycles. The van der Waals surface area contributed by atoms with Crippen molar-refractivity contribution in [2.24, 2.45) is 10.9 Å². The van der Waals surface area contributed by atoms with Gasteiger partial charge in [-0.3, -0.25) is 4.99 Å². The molecule has 0 fully saturated rings. The van der Waals surface area contributed by atoms with Crippen LogP contribution in [0.1, 0.15) is 66.7 Å². The second-order valence-corrected chi connectivity index (χ2v) is 5.12. The number of nitrogens with zero attached hydrogens (tertiary/aromatic N) is 1. The first-order chi connectivity index (χ1) is 8.57. The third-order valence-corrected chi connectivity index (χ3v) is 3.55. The lowest BCUT2D eigenvalue weighted by atomic mass is 10.0. The summed E-state index contributed by atoms with van der Waals surface area (Å²) in [6.45, 7) is 10.9. The number of rotatable bonds is 9. The van der Waals surface area contributed by atoms with Crippen molar-refractivity contribution in [1.29, 1.82) is 0 Å². The highest BCUT2D eigenvalue weighted by Gasteiger charge is 2.12. The Kier molecular flexibility index (Phi) is 9.72. The molecule has 2 heteroatoms. The largest absolute Gasteiger partial charge is 0.495 e. The summed E-state index contributed by atoms with van der Waals surface area (Å²) < 4.78 is 6.12. The van der Waals surface area contributed by atoms with Crippen molar-refractivity contribution in [1.82, 2.24) is 0 Å². The van der Waals surface area contributed by atoms with Crippen molar-refractivity contribution >= 4 is 5.71 Å². The molecule has 0 aromatic heterocycles. The predicted molar refractivity (Wildman–Crippen MR) is 81.3 cm³/mol. The van der Waals surface area contributed by atoms with Crippen LogP contribution in [-0.2, 0) is 4.74 Å². The lowest BCUT2D eigenvalue weighted by Gasteiger charge is -2.21. The smallest absolute Gasteiger partial charge is 0.0983 e. The average Bonchev–Trinajstić information content (AvgIpc) is 2.41. The molecule has 0 rings (SSSR count). The fourth-order valence-electron chi connectivity index (χ4n) is 1.76. The fourth-order valence-corrected chi connectivity index (χ4v) is 1.76. The molecule has 2 nitrogen and oxygen atoms in total. The van der Waals surface area contributed by atoms with Gasteiger partial charge in [-0.1, -0.05) is 27.2 Å². The summed E-state index contributed by atoms with van der Waals surface area (Å²) in [6, 6.07) is 0. The van der Waals surface area contributed by atoms with Crippen molar-refractivity contribution in [3.63, 3.8) is 0 Å². The quantitative estimate of drug-likeness (QED) is 0.419. The Balaban J connectivity index is 4.24. The molecule has 0 bridgehead atoms. The molecule has 0 aliphatic rings. The number of ether oxygens (including phenoxy) is 1. The Morgan fingerprint density at radius 2 is 1.94 bits per heavy atom. The monoisotopic (exact) mass is 253 g/mol. The molecule has 0 saturated heterocycles. The van der Waals surface area contributed by atoms with Gasteiger partial charge in [-0.05, 0) is 45.1 Å². The average molecular weight is 253 g/mol. The van der Waals surface area contributed by atoms with Crippen LogP contribution in [0.4, 0.5) is 0 Å². The zero-order valence-corrected chi connectivity index (χ0v) is 13.1. The van der Waals surface area contributed by atoms with Gasteiger partial charge in [0.05, 0.1) is 11.9 Å². The second kappa shape index (κ2) is 10.2. The highest BCUT2D eigenvalue weighted by atomic mass is 16.5. The molecule has 2 unspecified atom stereocenters. The zero-order chi connectivity index (χ0) is 14.0. The van der Waals surface area contributed by atoms with E-state index in [0.29, 0.717) is 12.0 Å². The van der Waals surface area contributed by atoms with E-state index in [1.165, 1.54) is 12.1 Å². The minimum absolute atomic E-state index is 0.331. The lowest BCUT2D eigenvalue weighted by Crippen LogP contribution is -2.14. The van der Waals surface area contributed by atoms with E-state index < -0.39 is 0 Å². The normalized spacial score (nSPS) is 16.6. The Hall–Kier alpha value is -0.790. The van der Waals surface area contributed by atoms with Gasteiger partial charge >= 0.3 is 0 Å². The molecule has 0 aromatic carbocycles. The molecule has 0 spiro atoms. The van der Waals surface area contributed by atoms with Crippen LogP contribution in [0.5, 0.6) is 0 Å². The highest BCUT2D eigenvalue weighted by Crippen LogP contribution is 2.20. The SMILES string of the molecule is C/C=C(\CC(C)CC)OC(CC)CCC(C)=NC. The minimum atomic E-state index is 0.331. The van der Waals surface area contributed by atoms with Crippen molar-refractivity contribution in [3.05, 3.63) is 11.8 Å². The summed E-state index contributed by atoms with van der Waals surface area (Å²) in [4.78, 5) is 4.20. The van der Waals surface area contributed by atoms with E-state index in [4.69, 9.17) is 4.74 Å². The maximum absolute atomic E-state index is 6.12. The first-order valence-electron chi connectivity index (χ1n) is 7.31. The van der Waals surface area contributed by atoms with Gasteiger partial charge in [-0.25, -0.2) is 0 Å². The van der Waals surface area contributed by atoms with E-state index in [1.807, 2.05) is 7.05 Å². The van der Waals surface area contributed by atoms with Gasteiger partial charge in [0, 0.05) is 19.2 Å². The highest BCUT2D eigenvalue weighted by molar-refractivity contribution is 5.81. The maximum Gasteiger partial charge on any atom is 0.0983 e. The minimum Gasteiger partial charge on any atom is -0.495 e. The van der Waals surface area contributed by atoms with Crippen LogP contribution in [-0.4, -0.2) is 18.9 Å². The Labute approximate surface area is 114 Å². The zero-order valence-electron chi connectivity index (χ0n) is 13.1. The summed E-state index contributed by atoms with van der Waals surface area (Å²) in [5.41, 5.74) is 1.21. The van der Waals surface area contributed by atoms with E-state index in [2.05, 4.69) is 45.7 Å². The molecule has 0 amide bonds. The molecule has 0 heterocycles. The topological polar surface area (TPSA) is 21.6 Å². The fraction of sp³-hybridized carbons (Fsp3) is 0.812. The molecule has 0 aromatic rings. The van der Waals surface area contributed by atoms with Crippen LogP contribution < -0.4 is 0 Å². The number of hydrogen-bond acceptors (Lipinski definition) is 2.